The van der Waals surface area contributed by atoms with Gasteiger partial charge in [0.05, 0.1) is 45.0 Å². The summed E-state index contributed by atoms with van der Waals surface area (Å²) in [5.41, 5.74) is 11.9. The maximum absolute atomic E-state index is 6.68. The highest BCUT2D eigenvalue weighted by Crippen LogP contribution is 2.44. The van der Waals surface area contributed by atoms with E-state index >= 15 is 0 Å². The first-order valence-corrected chi connectivity index (χ1v) is 17.6. The number of benzene rings is 7. The summed E-state index contributed by atoms with van der Waals surface area (Å²) in [5, 5.41) is 9.43. The van der Waals surface area contributed by atoms with Gasteiger partial charge < -0.3 is 18.1 Å². The third-order valence-electron chi connectivity index (χ3n) is 10.9. The molecule has 242 valence electrons. The van der Waals surface area contributed by atoms with Crippen molar-refractivity contribution in [2.45, 2.75) is 0 Å². The smallest absolute Gasteiger partial charge is 0.159 e. The topological polar surface area (TPSA) is 40.8 Å². The van der Waals surface area contributed by atoms with Crippen LogP contribution in [0.25, 0.3) is 104 Å². The first kappa shape index (κ1) is 27.7. The molecule has 5 aromatic heterocycles. The lowest BCUT2D eigenvalue weighted by Gasteiger charge is -2.13. The quantitative estimate of drug-likeness (QED) is 0.189. The summed E-state index contributed by atoms with van der Waals surface area (Å²) in [5.74, 6) is 0. The fraction of sp³-hybridized carbons (Fsp3) is 0. The zero-order valence-electron chi connectivity index (χ0n) is 27.9. The number of rotatable bonds is 3. The van der Waals surface area contributed by atoms with Crippen molar-refractivity contribution in [3.05, 3.63) is 170 Å². The van der Waals surface area contributed by atoms with Crippen molar-refractivity contribution in [2.75, 3.05) is 0 Å². The Morgan fingerprint density at radius 2 is 1.02 bits per heavy atom. The molecule has 52 heavy (non-hydrogen) atoms. The first-order valence-electron chi connectivity index (χ1n) is 17.6. The van der Waals surface area contributed by atoms with Crippen LogP contribution in [0, 0.1) is 0 Å². The molecule has 0 saturated carbocycles. The van der Waals surface area contributed by atoms with Crippen LogP contribution in [0.4, 0.5) is 0 Å². The van der Waals surface area contributed by atoms with Crippen LogP contribution in [0.3, 0.4) is 0 Å². The molecule has 12 aromatic rings. The molecule has 0 spiro atoms. The molecule has 0 fully saturated rings. The number of aromatic nitrogens is 4. The van der Waals surface area contributed by atoms with Crippen LogP contribution < -0.4 is 0 Å². The Labute approximate surface area is 296 Å². The molecule has 0 bridgehead atoms. The summed E-state index contributed by atoms with van der Waals surface area (Å²) in [6.07, 6.45) is 3.87. The van der Waals surface area contributed by atoms with Crippen LogP contribution in [-0.2, 0) is 0 Å². The van der Waals surface area contributed by atoms with E-state index in [-0.39, 0.29) is 0 Å². The van der Waals surface area contributed by atoms with E-state index < -0.39 is 0 Å². The van der Waals surface area contributed by atoms with Crippen molar-refractivity contribution in [3.63, 3.8) is 0 Å². The van der Waals surface area contributed by atoms with Gasteiger partial charge in [-0.2, -0.15) is 0 Å². The minimum absolute atomic E-state index is 0.884. The van der Waals surface area contributed by atoms with Crippen molar-refractivity contribution in [3.8, 4) is 17.1 Å². The predicted molar refractivity (Wildman–Crippen MR) is 215 cm³/mol. The molecule has 0 aliphatic heterocycles. The summed E-state index contributed by atoms with van der Waals surface area (Å²) >= 11 is 0. The molecule has 5 nitrogen and oxygen atoms in total. The Morgan fingerprint density at radius 3 is 1.83 bits per heavy atom. The Morgan fingerprint density at radius 1 is 0.385 bits per heavy atom. The summed E-state index contributed by atoms with van der Waals surface area (Å²) in [4.78, 5) is 4.54. The molecule has 0 unspecified atom stereocenters. The highest BCUT2D eigenvalue weighted by molar-refractivity contribution is 6.24. The lowest BCUT2D eigenvalue weighted by atomic mass is 10.1. The summed E-state index contributed by atoms with van der Waals surface area (Å²) < 4.78 is 13.9. The molecule has 0 aliphatic rings. The number of nitrogens with zero attached hydrogens (tertiary/aromatic N) is 4. The molecule has 0 radical (unpaired) electrons. The maximum atomic E-state index is 6.68. The highest BCUT2D eigenvalue weighted by atomic mass is 16.3. The zero-order chi connectivity index (χ0) is 33.9. The second-order valence-electron chi connectivity index (χ2n) is 13.6. The van der Waals surface area contributed by atoms with Crippen molar-refractivity contribution in [1.29, 1.82) is 0 Å². The van der Waals surface area contributed by atoms with E-state index in [0.29, 0.717) is 0 Å². The average Bonchev–Trinajstić information content (AvgIpc) is 3.94. The first-order chi connectivity index (χ1) is 25.8. The maximum Gasteiger partial charge on any atom is 0.159 e. The Kier molecular flexibility index (Phi) is 5.44. The molecule has 0 N–H and O–H groups in total. The van der Waals surface area contributed by atoms with E-state index in [0.717, 1.165) is 72.1 Å². The summed E-state index contributed by atoms with van der Waals surface area (Å²) in [6, 6.07) is 56.6. The molecule has 12 rings (SSSR count). The van der Waals surface area contributed by atoms with Crippen molar-refractivity contribution in [1.82, 2.24) is 18.7 Å². The highest BCUT2D eigenvalue weighted by Gasteiger charge is 2.24. The van der Waals surface area contributed by atoms with Gasteiger partial charge in [-0.15, -0.1) is 0 Å². The van der Waals surface area contributed by atoms with Gasteiger partial charge in [0.2, 0.25) is 0 Å². The normalized spacial score (nSPS) is 12.2. The van der Waals surface area contributed by atoms with Gasteiger partial charge in [-0.05, 0) is 60.7 Å². The summed E-state index contributed by atoms with van der Waals surface area (Å²) in [7, 11) is 0. The average molecular weight is 665 g/mol. The second-order valence-corrected chi connectivity index (χ2v) is 13.6. The molecular formula is C47H28N4O. The van der Waals surface area contributed by atoms with Crippen molar-refractivity contribution < 1.29 is 4.42 Å². The van der Waals surface area contributed by atoms with E-state index in [1.807, 2.05) is 18.5 Å². The van der Waals surface area contributed by atoms with Gasteiger partial charge in [-0.1, -0.05) is 97.1 Å². The minimum atomic E-state index is 0.884. The van der Waals surface area contributed by atoms with E-state index in [1.165, 1.54) is 32.3 Å². The molecule has 0 atom stereocenters. The fourth-order valence-electron chi connectivity index (χ4n) is 8.78. The van der Waals surface area contributed by atoms with Crippen LogP contribution in [0.1, 0.15) is 0 Å². The van der Waals surface area contributed by atoms with Gasteiger partial charge in [0.1, 0.15) is 5.58 Å². The third-order valence-corrected chi connectivity index (χ3v) is 10.9. The number of hydrogen-bond acceptors (Lipinski definition) is 2. The fourth-order valence-corrected chi connectivity index (χ4v) is 8.78. The molecule has 5 heteroatoms. The van der Waals surface area contributed by atoms with Crippen molar-refractivity contribution >= 4 is 87.4 Å². The van der Waals surface area contributed by atoms with E-state index in [2.05, 4.69) is 170 Å². The standard InChI is InChI=1S/C47H28N4O/c1-2-11-29(12-3-1)49-41-24-21-30(27-38(41)33-25-26-48-28-43(33)49)50-39-17-7-4-13-31(39)35-22-23-36-32-14-5-8-18-40(32)51(46(36)45(35)50)42-19-10-16-37-34-15-6-9-20-44(34)52-47(37)42/h1-28H. The lowest BCUT2D eigenvalue weighted by Crippen LogP contribution is -1.99. The molecule has 0 amide bonds. The van der Waals surface area contributed by atoms with Gasteiger partial charge in [-0.25, -0.2) is 0 Å². The second kappa shape index (κ2) is 10.2. The molecule has 5 heterocycles. The van der Waals surface area contributed by atoms with Crippen LogP contribution in [0.2, 0.25) is 0 Å². The Hall–Kier alpha value is -7.11. The molecule has 7 aromatic carbocycles. The SMILES string of the molecule is c1ccc(-n2c3ccc(-n4c5ccccc5c5ccc6c7ccccc7n(-c7cccc8c7oc7ccccc78)c6c54)cc3c3ccncc32)cc1. The molecule has 0 aliphatic carbocycles. The van der Waals surface area contributed by atoms with Crippen LogP contribution in [0.15, 0.2) is 175 Å². The van der Waals surface area contributed by atoms with Crippen LogP contribution in [0.5, 0.6) is 0 Å². The van der Waals surface area contributed by atoms with E-state index in [9.17, 15) is 0 Å². The van der Waals surface area contributed by atoms with Gasteiger partial charge in [0.25, 0.3) is 0 Å². The monoisotopic (exact) mass is 664 g/mol. The van der Waals surface area contributed by atoms with Gasteiger partial charge in [0.15, 0.2) is 5.58 Å². The van der Waals surface area contributed by atoms with Crippen LogP contribution >= 0.6 is 0 Å². The molecule has 0 saturated heterocycles. The van der Waals surface area contributed by atoms with Gasteiger partial charge >= 0.3 is 0 Å². The van der Waals surface area contributed by atoms with Gasteiger partial charge in [0, 0.05) is 60.7 Å². The third kappa shape index (κ3) is 3.59. The van der Waals surface area contributed by atoms with Crippen LogP contribution in [-0.4, -0.2) is 18.7 Å². The van der Waals surface area contributed by atoms with E-state index in [4.69, 9.17) is 4.42 Å². The number of para-hydroxylation sites is 5. The Balaban J connectivity index is 1.25. The summed E-state index contributed by atoms with van der Waals surface area (Å²) in [6.45, 7) is 0. The van der Waals surface area contributed by atoms with Gasteiger partial charge in [-0.3, -0.25) is 4.98 Å². The largest absolute Gasteiger partial charge is 0.454 e. The predicted octanol–water partition coefficient (Wildman–Crippen LogP) is 12.3. The number of fused-ring (bicyclic) bond motifs is 13. The van der Waals surface area contributed by atoms with Crippen molar-refractivity contribution in [2.24, 2.45) is 0 Å². The Bertz CT molecular complexity index is 3410. The zero-order valence-corrected chi connectivity index (χ0v) is 27.9. The number of hydrogen-bond donors (Lipinski definition) is 0. The minimum Gasteiger partial charge on any atom is -0.454 e. The number of pyridine rings is 1. The van der Waals surface area contributed by atoms with E-state index in [1.54, 1.807) is 0 Å². The number of furan rings is 1. The lowest BCUT2D eigenvalue weighted by molar-refractivity contribution is 0.666. The molecular weight excluding hydrogens is 637 g/mol.